The molecule has 26 heavy (non-hydrogen) atoms. The lowest BCUT2D eigenvalue weighted by Gasteiger charge is -2.40. The van der Waals surface area contributed by atoms with Gasteiger partial charge in [0, 0.05) is 30.8 Å². The van der Waals surface area contributed by atoms with Crippen molar-refractivity contribution in [3.05, 3.63) is 17.6 Å². The normalized spacial score (nSPS) is 22.0. The molecule has 0 aromatic carbocycles. The van der Waals surface area contributed by atoms with E-state index in [1.807, 2.05) is 0 Å². The molecule has 0 bridgehead atoms. The van der Waals surface area contributed by atoms with Crippen LogP contribution in [0.2, 0.25) is 0 Å². The fourth-order valence-corrected chi connectivity index (χ4v) is 3.48. The molecule has 2 unspecified atom stereocenters. The minimum absolute atomic E-state index is 0.00699. The highest BCUT2D eigenvalue weighted by molar-refractivity contribution is 5.45. The Balaban J connectivity index is 1.85. The van der Waals surface area contributed by atoms with E-state index >= 15 is 0 Å². The Morgan fingerprint density at radius 3 is 2.65 bits per heavy atom. The van der Waals surface area contributed by atoms with Gasteiger partial charge in [-0.05, 0) is 25.2 Å². The second kappa shape index (κ2) is 6.68. The smallest absolute Gasteiger partial charge is 0.377 e. The van der Waals surface area contributed by atoms with Crippen LogP contribution in [0.15, 0.2) is 6.07 Å². The summed E-state index contributed by atoms with van der Waals surface area (Å²) in [7, 11) is 0. The Bertz CT molecular complexity index is 781. The summed E-state index contributed by atoms with van der Waals surface area (Å²) >= 11 is 0. The Kier molecular flexibility index (Phi) is 4.85. The van der Waals surface area contributed by atoms with E-state index < -0.39 is 12.0 Å². The summed E-state index contributed by atoms with van der Waals surface area (Å²) in [5.74, 6) is -0.536. The number of hydrogen-bond acceptors (Lipinski definition) is 5. The molecule has 144 valence electrons. The number of aryl methyl sites for hydroxylation is 1. The third-order valence-electron chi connectivity index (χ3n) is 4.54. The first-order chi connectivity index (χ1) is 12.1. The molecule has 1 aliphatic rings. The molecule has 3 rings (SSSR count). The number of ether oxygens (including phenoxy) is 1. The van der Waals surface area contributed by atoms with Crippen LogP contribution in [0.4, 0.5) is 19.0 Å². The van der Waals surface area contributed by atoms with E-state index in [2.05, 4.69) is 41.2 Å². The molecule has 0 saturated carbocycles. The average Bonchev–Trinajstić information content (AvgIpc) is 2.96. The van der Waals surface area contributed by atoms with Gasteiger partial charge < -0.3 is 10.1 Å². The minimum Gasteiger partial charge on any atom is -0.377 e. The fourth-order valence-electron chi connectivity index (χ4n) is 3.48. The number of anilines is 1. The molecule has 0 aliphatic carbocycles. The van der Waals surface area contributed by atoms with Gasteiger partial charge in [-0.2, -0.15) is 22.7 Å². The van der Waals surface area contributed by atoms with E-state index in [0.717, 1.165) is 24.0 Å². The van der Waals surface area contributed by atoms with E-state index in [0.29, 0.717) is 18.1 Å². The zero-order valence-corrected chi connectivity index (χ0v) is 15.4. The zero-order valence-electron chi connectivity index (χ0n) is 15.4. The molecule has 2 atom stereocenters. The largest absolute Gasteiger partial charge is 0.453 e. The quantitative estimate of drug-likeness (QED) is 0.891. The van der Waals surface area contributed by atoms with Gasteiger partial charge in [0.2, 0.25) is 0 Å². The van der Waals surface area contributed by atoms with Crippen molar-refractivity contribution in [2.75, 3.05) is 18.5 Å². The van der Waals surface area contributed by atoms with Crippen LogP contribution in [-0.4, -0.2) is 38.8 Å². The van der Waals surface area contributed by atoms with Crippen LogP contribution in [0, 0.1) is 18.3 Å². The zero-order chi connectivity index (χ0) is 19.1. The standard InChI is InChI=1S/C17H24F3N5O/c1-10-8-12(25-15(22-10)23-14(24-25)17(18,19)20)21-9-11-6-5-7-26-13(11)16(2,3)4/h8,11,13,21H,5-7,9H2,1-4H3. The summed E-state index contributed by atoms with van der Waals surface area (Å²) in [6, 6.07) is 1.68. The van der Waals surface area contributed by atoms with Gasteiger partial charge in [0.05, 0.1) is 6.10 Å². The van der Waals surface area contributed by atoms with Crippen molar-refractivity contribution in [2.24, 2.45) is 11.3 Å². The molecule has 1 aliphatic heterocycles. The number of alkyl halides is 3. The molecule has 2 aromatic heterocycles. The SMILES string of the molecule is Cc1cc(NCC2CCCOC2C(C)(C)C)n2nc(C(F)(F)F)nc2n1. The van der Waals surface area contributed by atoms with E-state index in [1.165, 1.54) is 0 Å². The maximum atomic E-state index is 12.9. The molecule has 6 nitrogen and oxygen atoms in total. The van der Waals surface area contributed by atoms with Gasteiger partial charge in [-0.25, -0.2) is 4.98 Å². The van der Waals surface area contributed by atoms with Crippen LogP contribution < -0.4 is 5.32 Å². The third-order valence-corrected chi connectivity index (χ3v) is 4.54. The molecule has 1 saturated heterocycles. The van der Waals surface area contributed by atoms with Crippen molar-refractivity contribution in [1.29, 1.82) is 0 Å². The van der Waals surface area contributed by atoms with Gasteiger partial charge in [-0.15, -0.1) is 5.10 Å². The molecular weight excluding hydrogens is 347 g/mol. The number of nitrogens with zero attached hydrogens (tertiary/aromatic N) is 4. The van der Waals surface area contributed by atoms with Crippen molar-refractivity contribution in [3.8, 4) is 0 Å². The summed E-state index contributed by atoms with van der Waals surface area (Å²) in [5, 5.41) is 6.82. The van der Waals surface area contributed by atoms with Crippen LogP contribution >= 0.6 is 0 Å². The van der Waals surface area contributed by atoms with Crippen molar-refractivity contribution in [1.82, 2.24) is 19.6 Å². The molecular formula is C17H24F3N5O. The lowest BCUT2D eigenvalue weighted by Crippen LogP contribution is -2.42. The van der Waals surface area contributed by atoms with Crippen LogP contribution in [0.5, 0.6) is 0 Å². The Hall–Kier alpha value is -1.90. The summed E-state index contributed by atoms with van der Waals surface area (Å²) in [4.78, 5) is 7.55. The molecule has 2 aromatic rings. The number of halogens is 3. The van der Waals surface area contributed by atoms with Crippen molar-refractivity contribution < 1.29 is 17.9 Å². The van der Waals surface area contributed by atoms with E-state index in [1.54, 1.807) is 13.0 Å². The van der Waals surface area contributed by atoms with Crippen LogP contribution in [0.3, 0.4) is 0 Å². The van der Waals surface area contributed by atoms with Crippen LogP contribution in [0.1, 0.15) is 45.1 Å². The van der Waals surface area contributed by atoms with Crippen LogP contribution in [-0.2, 0) is 10.9 Å². The Morgan fingerprint density at radius 2 is 2.00 bits per heavy atom. The van der Waals surface area contributed by atoms with Crippen molar-refractivity contribution >= 4 is 11.6 Å². The van der Waals surface area contributed by atoms with Gasteiger partial charge in [-0.3, -0.25) is 0 Å². The molecule has 9 heteroatoms. The lowest BCUT2D eigenvalue weighted by molar-refractivity contribution is -0.144. The molecule has 3 heterocycles. The number of hydrogen-bond donors (Lipinski definition) is 1. The van der Waals surface area contributed by atoms with Crippen LogP contribution in [0.25, 0.3) is 5.78 Å². The highest BCUT2D eigenvalue weighted by atomic mass is 19.4. The minimum atomic E-state index is -4.60. The van der Waals surface area contributed by atoms with Crippen molar-refractivity contribution in [3.63, 3.8) is 0 Å². The van der Waals surface area contributed by atoms with Crippen molar-refractivity contribution in [2.45, 2.75) is 52.8 Å². The first kappa shape index (κ1) is 18.9. The summed E-state index contributed by atoms with van der Waals surface area (Å²) in [6.45, 7) is 9.46. The van der Waals surface area contributed by atoms with Gasteiger partial charge in [0.15, 0.2) is 0 Å². The molecule has 1 N–H and O–H groups in total. The van der Waals surface area contributed by atoms with Gasteiger partial charge in [0.1, 0.15) is 5.82 Å². The highest BCUT2D eigenvalue weighted by Gasteiger charge is 2.37. The molecule has 0 radical (unpaired) electrons. The van der Waals surface area contributed by atoms with Gasteiger partial charge in [0.25, 0.3) is 11.6 Å². The van der Waals surface area contributed by atoms with E-state index in [-0.39, 0.29) is 23.2 Å². The molecule has 0 amide bonds. The first-order valence-electron chi connectivity index (χ1n) is 8.73. The Labute approximate surface area is 150 Å². The summed E-state index contributed by atoms with van der Waals surface area (Å²) in [5.41, 5.74) is 0.570. The molecule has 0 spiro atoms. The second-order valence-corrected chi connectivity index (χ2v) is 7.87. The van der Waals surface area contributed by atoms with Gasteiger partial charge in [-0.1, -0.05) is 20.8 Å². The maximum Gasteiger partial charge on any atom is 0.453 e. The second-order valence-electron chi connectivity index (χ2n) is 7.87. The fraction of sp³-hybridized carbons (Fsp3) is 0.706. The topological polar surface area (TPSA) is 64.3 Å². The summed E-state index contributed by atoms with van der Waals surface area (Å²) in [6.07, 6.45) is -2.53. The van der Waals surface area contributed by atoms with E-state index in [9.17, 15) is 13.2 Å². The number of nitrogens with one attached hydrogen (secondary N) is 1. The first-order valence-corrected chi connectivity index (χ1v) is 8.73. The summed E-state index contributed by atoms with van der Waals surface area (Å²) < 4.78 is 45.8. The van der Waals surface area contributed by atoms with Gasteiger partial charge >= 0.3 is 6.18 Å². The number of rotatable bonds is 3. The highest BCUT2D eigenvalue weighted by Crippen LogP contribution is 2.34. The lowest BCUT2D eigenvalue weighted by atomic mass is 9.78. The monoisotopic (exact) mass is 371 g/mol. The average molecular weight is 371 g/mol. The van der Waals surface area contributed by atoms with E-state index in [4.69, 9.17) is 4.74 Å². The molecule has 1 fully saturated rings. The number of fused-ring (bicyclic) bond motifs is 1. The predicted octanol–water partition coefficient (Wildman–Crippen LogP) is 3.70. The third kappa shape index (κ3) is 3.92. The predicted molar refractivity (Wildman–Crippen MR) is 90.9 cm³/mol. The maximum absolute atomic E-state index is 12.9. The number of aromatic nitrogens is 4. The Morgan fingerprint density at radius 1 is 1.27 bits per heavy atom.